The molecule has 0 aromatic heterocycles. The molecule has 0 saturated heterocycles. The maximum Gasteiger partial charge on any atom is 0.123 e. The van der Waals surface area contributed by atoms with E-state index in [0.717, 1.165) is 18.4 Å². The van der Waals surface area contributed by atoms with Crippen molar-refractivity contribution in [3.05, 3.63) is 34.6 Å². The predicted octanol–water partition coefficient (Wildman–Crippen LogP) is 4.05. The van der Waals surface area contributed by atoms with Crippen molar-refractivity contribution in [3.8, 4) is 0 Å². The minimum Gasteiger partial charge on any atom is -0.317 e. The fourth-order valence-electron chi connectivity index (χ4n) is 2.20. The molecule has 3 heteroatoms. The molecule has 17 heavy (non-hydrogen) atoms. The summed E-state index contributed by atoms with van der Waals surface area (Å²) in [4.78, 5) is 0. The Kier molecular flexibility index (Phi) is 4.96. The Labute approximate surface area is 108 Å². The summed E-state index contributed by atoms with van der Waals surface area (Å²) >= 11 is 6.09. The molecule has 0 amide bonds. The quantitative estimate of drug-likeness (QED) is 0.839. The lowest BCUT2D eigenvalue weighted by Gasteiger charge is -2.28. The van der Waals surface area contributed by atoms with Gasteiger partial charge in [0.15, 0.2) is 0 Å². The van der Waals surface area contributed by atoms with Gasteiger partial charge in [-0.1, -0.05) is 25.4 Å². The number of nitrogens with one attached hydrogen (secondary N) is 1. The standard InChI is InChI=1S/C14H21ClFN/c1-10(17-4)8-14(2,3)9-11-7-12(16)5-6-13(11)15/h5-7,10,17H,8-9H2,1-4H3. The van der Waals surface area contributed by atoms with Crippen LogP contribution in [0.5, 0.6) is 0 Å². The highest BCUT2D eigenvalue weighted by Gasteiger charge is 2.22. The van der Waals surface area contributed by atoms with Gasteiger partial charge in [0, 0.05) is 11.1 Å². The van der Waals surface area contributed by atoms with Gasteiger partial charge in [0.05, 0.1) is 0 Å². The third kappa shape index (κ3) is 4.64. The summed E-state index contributed by atoms with van der Waals surface area (Å²) in [5, 5.41) is 3.88. The van der Waals surface area contributed by atoms with Crippen LogP contribution in [-0.2, 0) is 6.42 Å². The Morgan fingerprint density at radius 3 is 2.65 bits per heavy atom. The lowest BCUT2D eigenvalue weighted by molar-refractivity contribution is 0.293. The molecule has 0 aliphatic rings. The Balaban J connectivity index is 2.78. The Morgan fingerprint density at radius 1 is 1.41 bits per heavy atom. The number of rotatable bonds is 5. The molecular formula is C14H21ClFN. The summed E-state index contributed by atoms with van der Waals surface area (Å²) < 4.78 is 13.2. The largest absolute Gasteiger partial charge is 0.317 e. The van der Waals surface area contributed by atoms with E-state index in [2.05, 4.69) is 26.1 Å². The summed E-state index contributed by atoms with van der Waals surface area (Å²) in [5.74, 6) is -0.220. The zero-order valence-corrected chi connectivity index (χ0v) is 11.7. The van der Waals surface area contributed by atoms with Gasteiger partial charge in [0.1, 0.15) is 5.82 Å². The van der Waals surface area contributed by atoms with Gasteiger partial charge in [-0.15, -0.1) is 0 Å². The number of hydrogen-bond acceptors (Lipinski definition) is 1. The second kappa shape index (κ2) is 5.83. The van der Waals surface area contributed by atoms with Gasteiger partial charge in [-0.05, 0) is 56.0 Å². The van der Waals surface area contributed by atoms with Crippen LogP contribution < -0.4 is 5.32 Å². The van der Waals surface area contributed by atoms with Gasteiger partial charge in [-0.2, -0.15) is 0 Å². The summed E-state index contributed by atoms with van der Waals surface area (Å²) in [6, 6.07) is 5.00. The van der Waals surface area contributed by atoms with Crippen LogP contribution in [0.2, 0.25) is 5.02 Å². The predicted molar refractivity (Wildman–Crippen MR) is 72.0 cm³/mol. The van der Waals surface area contributed by atoms with E-state index in [9.17, 15) is 4.39 Å². The molecule has 1 N–H and O–H groups in total. The molecule has 1 aromatic carbocycles. The van der Waals surface area contributed by atoms with Gasteiger partial charge >= 0.3 is 0 Å². The van der Waals surface area contributed by atoms with E-state index in [1.165, 1.54) is 12.1 Å². The fraction of sp³-hybridized carbons (Fsp3) is 0.571. The fourth-order valence-corrected chi connectivity index (χ4v) is 2.38. The summed E-state index contributed by atoms with van der Waals surface area (Å²) in [6.45, 7) is 6.51. The van der Waals surface area contributed by atoms with Crippen LogP contribution in [0.15, 0.2) is 18.2 Å². The first-order valence-corrected chi connectivity index (χ1v) is 6.33. The van der Waals surface area contributed by atoms with E-state index in [0.29, 0.717) is 11.1 Å². The maximum atomic E-state index is 13.2. The van der Waals surface area contributed by atoms with Gasteiger partial charge in [0.25, 0.3) is 0 Å². The topological polar surface area (TPSA) is 12.0 Å². The highest BCUT2D eigenvalue weighted by atomic mass is 35.5. The lowest BCUT2D eigenvalue weighted by atomic mass is 9.80. The monoisotopic (exact) mass is 257 g/mol. The Hall–Kier alpha value is -0.600. The molecule has 0 radical (unpaired) electrons. The van der Waals surface area contributed by atoms with Crippen molar-refractivity contribution in [2.45, 2.75) is 39.7 Å². The smallest absolute Gasteiger partial charge is 0.123 e. The Morgan fingerprint density at radius 2 is 2.06 bits per heavy atom. The Bertz CT molecular complexity index is 376. The molecule has 0 aliphatic heterocycles. The molecule has 1 atom stereocenters. The van der Waals surface area contributed by atoms with E-state index in [1.54, 1.807) is 6.07 Å². The molecule has 1 aromatic rings. The van der Waals surface area contributed by atoms with Crippen LogP contribution >= 0.6 is 11.6 Å². The van der Waals surface area contributed by atoms with E-state index in [4.69, 9.17) is 11.6 Å². The van der Waals surface area contributed by atoms with Crippen molar-refractivity contribution in [2.24, 2.45) is 5.41 Å². The van der Waals surface area contributed by atoms with Crippen molar-refractivity contribution < 1.29 is 4.39 Å². The van der Waals surface area contributed by atoms with Crippen LogP contribution in [-0.4, -0.2) is 13.1 Å². The molecule has 0 aliphatic carbocycles. The van der Waals surface area contributed by atoms with Gasteiger partial charge < -0.3 is 5.32 Å². The first kappa shape index (κ1) is 14.5. The number of halogens is 2. The van der Waals surface area contributed by atoms with E-state index in [1.807, 2.05) is 7.05 Å². The van der Waals surface area contributed by atoms with E-state index < -0.39 is 0 Å². The number of benzene rings is 1. The highest BCUT2D eigenvalue weighted by Crippen LogP contribution is 2.30. The van der Waals surface area contributed by atoms with Crippen molar-refractivity contribution in [1.29, 1.82) is 0 Å². The number of hydrogen-bond donors (Lipinski definition) is 1. The van der Waals surface area contributed by atoms with Crippen molar-refractivity contribution in [2.75, 3.05) is 7.05 Å². The third-order valence-electron chi connectivity index (χ3n) is 3.03. The summed E-state index contributed by atoms with van der Waals surface area (Å²) in [5.41, 5.74) is 0.986. The average molecular weight is 258 g/mol. The molecule has 0 heterocycles. The van der Waals surface area contributed by atoms with E-state index >= 15 is 0 Å². The minimum absolute atomic E-state index is 0.0971. The normalized spacial score (nSPS) is 13.8. The molecule has 0 spiro atoms. The molecule has 1 rings (SSSR count). The second-order valence-electron chi connectivity index (χ2n) is 5.47. The van der Waals surface area contributed by atoms with Crippen LogP contribution in [0.25, 0.3) is 0 Å². The molecule has 1 unspecified atom stereocenters. The maximum absolute atomic E-state index is 13.2. The molecule has 96 valence electrons. The van der Waals surface area contributed by atoms with Crippen molar-refractivity contribution in [1.82, 2.24) is 5.32 Å². The molecule has 0 bridgehead atoms. The molecule has 0 fully saturated rings. The summed E-state index contributed by atoms with van der Waals surface area (Å²) in [7, 11) is 1.95. The van der Waals surface area contributed by atoms with Crippen LogP contribution in [0.1, 0.15) is 32.8 Å². The van der Waals surface area contributed by atoms with Crippen LogP contribution in [0.4, 0.5) is 4.39 Å². The summed E-state index contributed by atoms with van der Waals surface area (Å²) in [6.07, 6.45) is 1.81. The van der Waals surface area contributed by atoms with Crippen molar-refractivity contribution >= 4 is 11.6 Å². The first-order chi connectivity index (χ1) is 7.84. The van der Waals surface area contributed by atoms with Gasteiger partial charge in [0.2, 0.25) is 0 Å². The molecule has 0 saturated carbocycles. The van der Waals surface area contributed by atoms with Gasteiger partial charge in [-0.25, -0.2) is 4.39 Å². The van der Waals surface area contributed by atoms with Crippen LogP contribution in [0.3, 0.4) is 0 Å². The van der Waals surface area contributed by atoms with Crippen molar-refractivity contribution in [3.63, 3.8) is 0 Å². The third-order valence-corrected chi connectivity index (χ3v) is 3.40. The first-order valence-electron chi connectivity index (χ1n) is 5.95. The minimum atomic E-state index is -0.220. The second-order valence-corrected chi connectivity index (χ2v) is 5.88. The average Bonchev–Trinajstić information content (AvgIpc) is 2.22. The van der Waals surface area contributed by atoms with E-state index in [-0.39, 0.29) is 11.2 Å². The molecule has 1 nitrogen and oxygen atoms in total. The lowest BCUT2D eigenvalue weighted by Crippen LogP contribution is -2.29. The van der Waals surface area contributed by atoms with Crippen LogP contribution in [0, 0.1) is 11.2 Å². The zero-order valence-electron chi connectivity index (χ0n) is 11.0. The molecular weight excluding hydrogens is 237 g/mol. The highest BCUT2D eigenvalue weighted by molar-refractivity contribution is 6.31. The SMILES string of the molecule is CNC(C)CC(C)(C)Cc1cc(F)ccc1Cl. The zero-order chi connectivity index (χ0) is 13.1. The van der Waals surface area contributed by atoms with Gasteiger partial charge in [-0.3, -0.25) is 0 Å².